The number of aromatic nitrogens is 1. The minimum absolute atomic E-state index is 0.00366. The van der Waals surface area contributed by atoms with Gasteiger partial charge in [0.15, 0.2) is 0 Å². The van der Waals surface area contributed by atoms with E-state index in [4.69, 9.17) is 0 Å². The number of nitrogens with zero attached hydrogens (tertiary/aromatic N) is 2. The van der Waals surface area contributed by atoms with Crippen molar-refractivity contribution in [2.75, 3.05) is 11.4 Å². The van der Waals surface area contributed by atoms with Crippen molar-refractivity contribution in [2.45, 2.75) is 31.2 Å². The zero-order chi connectivity index (χ0) is 26.4. The molecule has 1 atom stereocenters. The topological polar surface area (TPSA) is 108 Å². The molecule has 0 bridgehead atoms. The Morgan fingerprint density at radius 1 is 0.946 bits per heavy atom. The van der Waals surface area contributed by atoms with Gasteiger partial charge in [0.25, 0.3) is 10.0 Å². The molecule has 0 aliphatic heterocycles. The lowest BCUT2D eigenvalue weighted by Gasteiger charge is -2.27. The van der Waals surface area contributed by atoms with Crippen LogP contribution in [-0.4, -0.2) is 37.9 Å². The molecule has 3 amide bonds. The van der Waals surface area contributed by atoms with E-state index in [1.165, 1.54) is 6.07 Å². The molecule has 1 heterocycles. The summed E-state index contributed by atoms with van der Waals surface area (Å²) in [5.74, 6) is -0.363. The number of anilines is 1. The van der Waals surface area contributed by atoms with Gasteiger partial charge in [-0.05, 0) is 55.3 Å². The van der Waals surface area contributed by atoms with Crippen LogP contribution in [0.1, 0.15) is 18.1 Å². The fourth-order valence-corrected chi connectivity index (χ4v) is 5.32. The molecule has 0 fully saturated rings. The summed E-state index contributed by atoms with van der Waals surface area (Å²) in [5.41, 5.74) is 2.78. The molecule has 0 aliphatic carbocycles. The summed E-state index contributed by atoms with van der Waals surface area (Å²) in [6.45, 7) is 3.83. The molecule has 2 N–H and O–H groups in total. The van der Waals surface area contributed by atoms with Crippen LogP contribution in [0.25, 0.3) is 10.9 Å². The number of hydrogen-bond donors (Lipinski definition) is 2. The largest absolute Gasteiger partial charge is 0.329 e. The number of likely N-dealkylation sites (N-methyl/N-ethyl adjacent to an activating group) is 1. The maximum Gasteiger partial charge on any atom is 0.329 e. The maximum atomic E-state index is 13.8. The highest BCUT2D eigenvalue weighted by atomic mass is 32.2. The molecule has 4 rings (SSSR count). The fraction of sp³-hybridized carbons (Fsp3) is 0.179. The van der Waals surface area contributed by atoms with E-state index in [-0.39, 0.29) is 17.2 Å². The third kappa shape index (κ3) is 6.13. The lowest BCUT2D eigenvalue weighted by molar-refractivity contribution is -0.120. The molecule has 37 heavy (non-hydrogen) atoms. The van der Waals surface area contributed by atoms with Gasteiger partial charge in [0.2, 0.25) is 5.91 Å². The number of aryl methyl sites for hydroxylation is 1. The SMILES string of the molecule is CCN(C(=O)[C@H](Cc1ccccc1)NC(=O)NS(=O)(=O)c1ccccc1C)c1ccc2ncccc2c1. The van der Waals surface area contributed by atoms with E-state index in [9.17, 15) is 18.0 Å². The Morgan fingerprint density at radius 2 is 1.68 bits per heavy atom. The fourth-order valence-electron chi connectivity index (χ4n) is 4.16. The summed E-state index contributed by atoms with van der Waals surface area (Å²) in [5, 5.41) is 3.48. The highest BCUT2D eigenvalue weighted by molar-refractivity contribution is 7.90. The molecule has 0 saturated carbocycles. The third-order valence-electron chi connectivity index (χ3n) is 5.98. The zero-order valence-electron chi connectivity index (χ0n) is 20.6. The van der Waals surface area contributed by atoms with Gasteiger partial charge in [0, 0.05) is 30.2 Å². The molecule has 4 aromatic rings. The van der Waals surface area contributed by atoms with E-state index in [0.717, 1.165) is 16.5 Å². The van der Waals surface area contributed by atoms with Gasteiger partial charge in [-0.1, -0.05) is 54.6 Å². The second-order valence-electron chi connectivity index (χ2n) is 8.55. The lowest BCUT2D eigenvalue weighted by Crippen LogP contribution is -2.53. The Morgan fingerprint density at radius 3 is 2.41 bits per heavy atom. The number of sulfonamides is 1. The molecule has 0 aliphatic rings. The van der Waals surface area contributed by atoms with E-state index in [1.807, 2.05) is 66.2 Å². The second kappa shape index (κ2) is 11.2. The summed E-state index contributed by atoms with van der Waals surface area (Å²) >= 11 is 0. The van der Waals surface area contributed by atoms with Gasteiger partial charge in [-0.3, -0.25) is 9.78 Å². The standard InChI is InChI=1S/C28H28N4O4S/c1-3-32(23-15-16-24-22(19-23)13-9-17-29-24)27(33)25(18-21-11-5-4-6-12-21)30-28(34)31-37(35,36)26-14-8-7-10-20(26)2/h4-17,19,25H,3,18H2,1-2H3,(H2,30,31,34)/t25-/m0/s1. The third-order valence-corrected chi connectivity index (χ3v) is 7.47. The van der Waals surface area contributed by atoms with Gasteiger partial charge < -0.3 is 10.2 Å². The predicted molar refractivity (Wildman–Crippen MR) is 144 cm³/mol. The number of rotatable bonds is 8. The van der Waals surface area contributed by atoms with E-state index in [1.54, 1.807) is 42.3 Å². The lowest BCUT2D eigenvalue weighted by atomic mass is 10.0. The van der Waals surface area contributed by atoms with E-state index in [2.05, 4.69) is 10.3 Å². The van der Waals surface area contributed by atoms with Crippen LogP contribution >= 0.6 is 0 Å². The molecule has 0 spiro atoms. The molecule has 1 aromatic heterocycles. The summed E-state index contributed by atoms with van der Waals surface area (Å²) in [7, 11) is -4.13. The number of amides is 3. The second-order valence-corrected chi connectivity index (χ2v) is 10.2. The Balaban J connectivity index is 1.60. The molecule has 9 heteroatoms. The van der Waals surface area contributed by atoms with Crippen molar-refractivity contribution < 1.29 is 18.0 Å². The van der Waals surface area contributed by atoms with Crippen LogP contribution in [0, 0.1) is 6.92 Å². The number of urea groups is 1. The number of hydrogen-bond acceptors (Lipinski definition) is 5. The van der Waals surface area contributed by atoms with Crippen molar-refractivity contribution in [3.8, 4) is 0 Å². The van der Waals surface area contributed by atoms with Crippen LogP contribution in [0.15, 0.2) is 96.0 Å². The molecule has 190 valence electrons. The highest BCUT2D eigenvalue weighted by Gasteiger charge is 2.29. The Labute approximate surface area is 216 Å². The smallest absolute Gasteiger partial charge is 0.325 e. The number of carbonyl (C=O) groups excluding carboxylic acids is 2. The van der Waals surface area contributed by atoms with Gasteiger partial charge in [-0.25, -0.2) is 17.9 Å². The van der Waals surface area contributed by atoms with E-state index in [0.29, 0.717) is 17.8 Å². The van der Waals surface area contributed by atoms with Crippen LogP contribution in [0.4, 0.5) is 10.5 Å². The summed E-state index contributed by atoms with van der Waals surface area (Å²) in [6, 6.07) is 22.8. The van der Waals surface area contributed by atoms with Crippen molar-refractivity contribution in [2.24, 2.45) is 0 Å². The minimum atomic E-state index is -4.13. The number of fused-ring (bicyclic) bond motifs is 1. The molecule has 8 nitrogen and oxygen atoms in total. The zero-order valence-corrected chi connectivity index (χ0v) is 21.4. The van der Waals surface area contributed by atoms with Crippen molar-refractivity contribution in [1.29, 1.82) is 0 Å². The van der Waals surface area contributed by atoms with E-state index < -0.39 is 22.1 Å². The number of carbonyl (C=O) groups is 2. The normalized spacial score (nSPS) is 12.1. The summed E-state index contributed by atoms with van der Waals surface area (Å²) in [6.07, 6.45) is 1.89. The Bertz CT molecular complexity index is 1520. The van der Waals surface area contributed by atoms with Gasteiger partial charge >= 0.3 is 6.03 Å². The number of benzene rings is 3. The Hall–Kier alpha value is -4.24. The predicted octanol–water partition coefficient (Wildman–Crippen LogP) is 4.20. The highest BCUT2D eigenvalue weighted by Crippen LogP contribution is 2.22. The van der Waals surface area contributed by atoms with Gasteiger partial charge in [0.05, 0.1) is 10.4 Å². The molecule has 0 unspecified atom stereocenters. The number of pyridine rings is 1. The molecule has 0 saturated heterocycles. The van der Waals surface area contributed by atoms with Crippen molar-refractivity contribution >= 4 is 38.6 Å². The average Bonchev–Trinajstić information content (AvgIpc) is 2.89. The Kier molecular flexibility index (Phi) is 7.83. The molecular weight excluding hydrogens is 488 g/mol. The molecule has 0 radical (unpaired) electrons. The van der Waals surface area contributed by atoms with Crippen LogP contribution in [0.5, 0.6) is 0 Å². The van der Waals surface area contributed by atoms with Crippen molar-refractivity contribution in [3.63, 3.8) is 0 Å². The minimum Gasteiger partial charge on any atom is -0.325 e. The maximum absolute atomic E-state index is 13.8. The van der Waals surface area contributed by atoms with Gasteiger partial charge in [-0.15, -0.1) is 0 Å². The number of nitrogens with one attached hydrogen (secondary N) is 2. The van der Waals surface area contributed by atoms with Gasteiger partial charge in [0.1, 0.15) is 6.04 Å². The van der Waals surface area contributed by atoms with Crippen LogP contribution in [-0.2, 0) is 21.2 Å². The average molecular weight is 517 g/mol. The van der Waals surface area contributed by atoms with Crippen LogP contribution in [0.3, 0.4) is 0 Å². The first kappa shape index (κ1) is 25.8. The van der Waals surface area contributed by atoms with Crippen molar-refractivity contribution in [3.05, 3.63) is 102 Å². The van der Waals surface area contributed by atoms with Crippen LogP contribution < -0.4 is 14.9 Å². The van der Waals surface area contributed by atoms with Crippen molar-refractivity contribution in [1.82, 2.24) is 15.0 Å². The van der Waals surface area contributed by atoms with Crippen LogP contribution in [0.2, 0.25) is 0 Å². The molecular formula is C28H28N4O4S. The first-order valence-electron chi connectivity index (χ1n) is 11.9. The van der Waals surface area contributed by atoms with E-state index >= 15 is 0 Å². The first-order chi connectivity index (χ1) is 17.8. The quantitative estimate of drug-likeness (QED) is 0.365. The summed E-state index contributed by atoms with van der Waals surface area (Å²) < 4.78 is 27.7. The molecule has 3 aromatic carbocycles. The van der Waals surface area contributed by atoms with Gasteiger partial charge in [-0.2, -0.15) is 0 Å². The monoisotopic (exact) mass is 516 g/mol. The first-order valence-corrected chi connectivity index (χ1v) is 13.4. The summed E-state index contributed by atoms with van der Waals surface area (Å²) in [4.78, 5) is 32.5.